The molecule has 1 atom stereocenters. The van der Waals surface area contributed by atoms with E-state index in [0.29, 0.717) is 19.5 Å². The molecule has 2 aliphatic heterocycles. The van der Waals surface area contributed by atoms with Crippen LogP contribution in [0.2, 0.25) is 0 Å². The highest BCUT2D eigenvalue weighted by atomic mass is 32.2. The molecule has 0 aromatic heterocycles. The summed E-state index contributed by atoms with van der Waals surface area (Å²) in [6, 6.07) is 3.18. The molecule has 2 heterocycles. The number of rotatable bonds is 3. The lowest BCUT2D eigenvalue weighted by molar-refractivity contribution is 0.000308. The van der Waals surface area contributed by atoms with Crippen LogP contribution >= 0.6 is 0 Å². The average Bonchev–Trinajstić information content (AvgIpc) is 2.54. The second-order valence-electron chi connectivity index (χ2n) is 5.67. The lowest BCUT2D eigenvalue weighted by Crippen LogP contribution is -2.41. The van der Waals surface area contributed by atoms with Gasteiger partial charge in [0.15, 0.2) is 0 Å². The first kappa shape index (κ1) is 18.9. The fraction of sp³-hybridized carbons (Fsp3) is 0.600. The minimum Gasteiger partial charge on any atom is -0.489 e. The van der Waals surface area contributed by atoms with E-state index in [0.717, 1.165) is 49.5 Å². The number of ether oxygens (including phenoxy) is 2. The molecule has 0 bridgehead atoms. The van der Waals surface area contributed by atoms with Gasteiger partial charge in [-0.3, -0.25) is 4.55 Å². The lowest BCUT2D eigenvalue weighted by Gasteiger charge is -2.26. The molecule has 1 saturated heterocycles. The molecule has 3 N–H and O–H groups in total. The predicted molar refractivity (Wildman–Crippen MR) is 88.8 cm³/mol. The molecule has 0 amide bonds. The van der Waals surface area contributed by atoms with E-state index in [2.05, 4.69) is 10.6 Å². The summed E-state index contributed by atoms with van der Waals surface area (Å²) in [5, 5.41) is 6.50. The van der Waals surface area contributed by atoms with Gasteiger partial charge in [0.25, 0.3) is 10.1 Å². The summed E-state index contributed by atoms with van der Waals surface area (Å²) in [6.07, 6.45) is 2.51. The molecule has 0 spiro atoms. The van der Waals surface area contributed by atoms with E-state index >= 15 is 0 Å². The Labute approximate surface area is 141 Å². The molecule has 1 aromatic rings. The topological polar surface area (TPSA) is 96.9 Å². The van der Waals surface area contributed by atoms with Gasteiger partial charge in [-0.05, 0) is 25.0 Å². The summed E-state index contributed by atoms with van der Waals surface area (Å²) < 4.78 is 51.0. The second kappa shape index (κ2) is 8.61. The van der Waals surface area contributed by atoms with Gasteiger partial charge < -0.3 is 20.1 Å². The third-order valence-electron chi connectivity index (χ3n) is 3.55. The highest BCUT2D eigenvalue weighted by molar-refractivity contribution is 7.85. The van der Waals surface area contributed by atoms with Crippen molar-refractivity contribution in [2.24, 2.45) is 0 Å². The highest BCUT2D eigenvalue weighted by Crippen LogP contribution is 2.34. The van der Waals surface area contributed by atoms with E-state index in [-0.39, 0.29) is 11.9 Å². The van der Waals surface area contributed by atoms with Crippen molar-refractivity contribution >= 4 is 15.8 Å². The van der Waals surface area contributed by atoms with Gasteiger partial charge in [0.05, 0.1) is 18.6 Å². The van der Waals surface area contributed by atoms with Crippen molar-refractivity contribution < 1.29 is 26.8 Å². The van der Waals surface area contributed by atoms with Crippen LogP contribution in [0.15, 0.2) is 12.1 Å². The van der Waals surface area contributed by atoms with Gasteiger partial charge in [0, 0.05) is 25.2 Å². The Balaban J connectivity index is 0.000000368. The van der Waals surface area contributed by atoms with Crippen LogP contribution in [-0.4, -0.2) is 58.2 Å². The Morgan fingerprint density at radius 3 is 2.83 bits per heavy atom. The fourth-order valence-corrected chi connectivity index (χ4v) is 2.55. The maximum absolute atomic E-state index is 13.7. The molecule has 136 valence electrons. The fourth-order valence-electron chi connectivity index (χ4n) is 2.55. The number of hydrogen-bond donors (Lipinski definition) is 3. The first-order chi connectivity index (χ1) is 11.3. The van der Waals surface area contributed by atoms with Crippen molar-refractivity contribution in [2.75, 3.05) is 44.4 Å². The summed E-state index contributed by atoms with van der Waals surface area (Å²) in [5.74, 6) is 0.579. The van der Waals surface area contributed by atoms with Crippen LogP contribution in [-0.2, 0) is 21.3 Å². The number of halogens is 1. The van der Waals surface area contributed by atoms with Gasteiger partial charge in [-0.2, -0.15) is 8.42 Å². The Morgan fingerprint density at radius 2 is 2.17 bits per heavy atom. The second-order valence-corrected chi connectivity index (χ2v) is 7.14. The van der Waals surface area contributed by atoms with Crippen LogP contribution in [0.3, 0.4) is 0 Å². The molecule has 3 rings (SSSR count). The van der Waals surface area contributed by atoms with Crippen LogP contribution in [0.4, 0.5) is 10.1 Å². The molecule has 0 aliphatic carbocycles. The summed E-state index contributed by atoms with van der Waals surface area (Å²) in [4.78, 5) is 0. The molecule has 2 aliphatic rings. The zero-order valence-corrected chi connectivity index (χ0v) is 14.4. The van der Waals surface area contributed by atoms with Gasteiger partial charge in [-0.1, -0.05) is 0 Å². The summed E-state index contributed by atoms with van der Waals surface area (Å²) in [5.41, 5.74) is 1.56. The number of benzene rings is 1. The van der Waals surface area contributed by atoms with Gasteiger partial charge in [0.1, 0.15) is 24.3 Å². The van der Waals surface area contributed by atoms with E-state index in [1.165, 1.54) is 6.07 Å². The van der Waals surface area contributed by atoms with Crippen molar-refractivity contribution in [3.63, 3.8) is 0 Å². The van der Waals surface area contributed by atoms with E-state index in [1.807, 2.05) is 0 Å². The number of anilines is 1. The van der Waals surface area contributed by atoms with E-state index < -0.39 is 10.1 Å². The smallest absolute Gasteiger partial charge is 0.261 e. The van der Waals surface area contributed by atoms with Crippen molar-refractivity contribution in [1.82, 2.24) is 5.32 Å². The van der Waals surface area contributed by atoms with Crippen LogP contribution in [0.5, 0.6) is 5.75 Å². The highest BCUT2D eigenvalue weighted by Gasteiger charge is 2.19. The summed E-state index contributed by atoms with van der Waals surface area (Å²) in [6.45, 7) is 3.77. The van der Waals surface area contributed by atoms with Gasteiger partial charge in [-0.25, -0.2) is 4.39 Å². The van der Waals surface area contributed by atoms with Crippen LogP contribution in [0, 0.1) is 5.82 Å². The van der Waals surface area contributed by atoms with E-state index in [1.54, 1.807) is 6.07 Å². The maximum Gasteiger partial charge on any atom is 0.261 e. The SMILES string of the molecule is CS(=O)(=O)O.Fc1ccc(OC[C@H]2CNCCO2)c2c1CCCN2. The molecule has 24 heavy (non-hydrogen) atoms. The van der Waals surface area contributed by atoms with Crippen LogP contribution in [0.25, 0.3) is 0 Å². The lowest BCUT2D eigenvalue weighted by atomic mass is 10.0. The van der Waals surface area contributed by atoms with E-state index in [9.17, 15) is 12.8 Å². The predicted octanol–water partition coefficient (Wildman–Crippen LogP) is 1.05. The third kappa shape index (κ3) is 6.23. The first-order valence-corrected chi connectivity index (χ1v) is 9.62. The number of morpholine rings is 1. The summed E-state index contributed by atoms with van der Waals surface area (Å²) in [7, 11) is -3.67. The van der Waals surface area contributed by atoms with Crippen molar-refractivity contribution in [2.45, 2.75) is 18.9 Å². The van der Waals surface area contributed by atoms with Crippen molar-refractivity contribution in [3.8, 4) is 5.75 Å². The summed E-state index contributed by atoms with van der Waals surface area (Å²) >= 11 is 0. The Hall–Kier alpha value is -1.42. The zero-order chi connectivity index (χ0) is 17.6. The monoisotopic (exact) mass is 362 g/mol. The molecule has 0 unspecified atom stereocenters. The minimum absolute atomic E-state index is 0.0676. The Kier molecular flexibility index (Phi) is 6.79. The normalized spacial score (nSPS) is 20.2. The number of nitrogens with one attached hydrogen (secondary N) is 2. The first-order valence-electron chi connectivity index (χ1n) is 7.77. The molecular formula is C15H23FN2O5S. The van der Waals surface area contributed by atoms with Gasteiger partial charge in [-0.15, -0.1) is 0 Å². The zero-order valence-electron chi connectivity index (χ0n) is 13.5. The van der Waals surface area contributed by atoms with Crippen molar-refractivity contribution in [1.29, 1.82) is 0 Å². The Morgan fingerprint density at radius 1 is 1.42 bits per heavy atom. The maximum atomic E-state index is 13.7. The van der Waals surface area contributed by atoms with Crippen molar-refractivity contribution in [3.05, 3.63) is 23.5 Å². The van der Waals surface area contributed by atoms with Crippen LogP contribution in [0.1, 0.15) is 12.0 Å². The molecule has 0 radical (unpaired) electrons. The number of fused-ring (bicyclic) bond motifs is 1. The number of hydrogen-bond acceptors (Lipinski definition) is 6. The molecule has 1 aromatic carbocycles. The quantitative estimate of drug-likeness (QED) is 0.692. The minimum atomic E-state index is -3.67. The molecular weight excluding hydrogens is 339 g/mol. The van der Waals surface area contributed by atoms with Gasteiger partial charge in [0.2, 0.25) is 0 Å². The molecule has 1 fully saturated rings. The third-order valence-corrected chi connectivity index (χ3v) is 3.55. The largest absolute Gasteiger partial charge is 0.489 e. The molecule has 0 saturated carbocycles. The molecule has 7 nitrogen and oxygen atoms in total. The van der Waals surface area contributed by atoms with Gasteiger partial charge >= 0.3 is 0 Å². The van der Waals surface area contributed by atoms with E-state index in [4.69, 9.17) is 14.0 Å². The average molecular weight is 362 g/mol. The van der Waals surface area contributed by atoms with Crippen LogP contribution < -0.4 is 15.4 Å². The Bertz CT molecular complexity index is 640. The molecule has 9 heteroatoms. The standard InChI is InChI=1S/C14H19FN2O2.CH4O3S/c15-12-3-4-13(14-11(12)2-1-5-17-14)19-9-10-8-16-6-7-18-10;1-5(2,3)4/h3-4,10,16-17H,1-2,5-9H2;1H3,(H,2,3,4)/t10-;/m1./s1.